The van der Waals surface area contributed by atoms with Crippen LogP contribution in [0.15, 0.2) is 65.5 Å². The van der Waals surface area contributed by atoms with Crippen LogP contribution in [0.4, 0.5) is 5.82 Å². The number of hydrogen-bond acceptors (Lipinski definition) is 3. The van der Waals surface area contributed by atoms with Crippen LogP contribution in [0.1, 0.15) is 15.9 Å². The molecule has 0 saturated carbocycles. The molecule has 0 aliphatic rings. The van der Waals surface area contributed by atoms with Crippen molar-refractivity contribution in [2.24, 2.45) is 0 Å². The van der Waals surface area contributed by atoms with Crippen LogP contribution in [-0.2, 0) is 6.54 Å². The van der Waals surface area contributed by atoms with Crippen LogP contribution in [0.5, 0.6) is 0 Å². The van der Waals surface area contributed by atoms with Crippen LogP contribution in [-0.4, -0.2) is 20.7 Å². The second-order valence-electron chi connectivity index (χ2n) is 4.72. The quantitative estimate of drug-likeness (QED) is 0.779. The summed E-state index contributed by atoms with van der Waals surface area (Å²) in [4.78, 5) is 16.2. The largest absolute Gasteiger partial charge is 0.307 e. The lowest BCUT2D eigenvalue weighted by Crippen LogP contribution is -2.12. The number of rotatable bonds is 4. The summed E-state index contributed by atoms with van der Waals surface area (Å²) in [6, 6.07) is 12.8. The Labute approximate surface area is 136 Å². The smallest absolute Gasteiger partial charge is 0.256 e. The van der Waals surface area contributed by atoms with E-state index in [9.17, 15) is 4.79 Å². The molecule has 110 valence electrons. The summed E-state index contributed by atoms with van der Waals surface area (Å²) in [5.74, 6) is 0.366. The number of nitrogens with zero attached hydrogens (tertiary/aromatic N) is 3. The summed E-state index contributed by atoms with van der Waals surface area (Å²) in [7, 11) is 0. The summed E-state index contributed by atoms with van der Waals surface area (Å²) in [6.45, 7) is 0.660. The van der Waals surface area contributed by atoms with Crippen molar-refractivity contribution < 1.29 is 4.79 Å². The Morgan fingerprint density at radius 3 is 2.64 bits per heavy atom. The number of aromatic nitrogens is 3. The van der Waals surface area contributed by atoms with Crippen LogP contribution < -0.4 is 5.32 Å². The molecule has 0 fully saturated rings. The van der Waals surface area contributed by atoms with Crippen LogP contribution in [0.2, 0.25) is 0 Å². The Hall–Kier alpha value is -2.47. The molecule has 0 aliphatic carbocycles. The third-order valence-electron chi connectivity index (χ3n) is 3.07. The van der Waals surface area contributed by atoms with E-state index in [0.717, 1.165) is 10.0 Å². The van der Waals surface area contributed by atoms with Gasteiger partial charge in [-0.1, -0.05) is 18.2 Å². The molecule has 22 heavy (non-hydrogen) atoms. The molecule has 2 aromatic heterocycles. The van der Waals surface area contributed by atoms with Gasteiger partial charge in [0, 0.05) is 18.0 Å². The third-order valence-corrected chi connectivity index (χ3v) is 3.48. The molecule has 0 radical (unpaired) electrons. The van der Waals surface area contributed by atoms with E-state index < -0.39 is 0 Å². The third kappa shape index (κ3) is 3.59. The van der Waals surface area contributed by atoms with Crippen molar-refractivity contribution in [1.29, 1.82) is 0 Å². The lowest BCUT2D eigenvalue weighted by atomic mass is 10.1. The van der Waals surface area contributed by atoms with Crippen LogP contribution >= 0.6 is 15.9 Å². The van der Waals surface area contributed by atoms with E-state index in [0.29, 0.717) is 17.9 Å². The number of hydrogen-bond donors (Lipinski definition) is 1. The molecule has 1 aromatic carbocycles. The highest BCUT2D eigenvalue weighted by molar-refractivity contribution is 9.10. The van der Waals surface area contributed by atoms with Gasteiger partial charge in [-0.05, 0) is 45.8 Å². The zero-order valence-electron chi connectivity index (χ0n) is 11.6. The van der Waals surface area contributed by atoms with Gasteiger partial charge in [-0.3, -0.25) is 9.48 Å². The van der Waals surface area contributed by atoms with Gasteiger partial charge in [0.05, 0.1) is 17.2 Å². The molecule has 0 spiro atoms. The molecule has 1 N–H and O–H groups in total. The van der Waals surface area contributed by atoms with Gasteiger partial charge in [0.2, 0.25) is 0 Å². The zero-order valence-corrected chi connectivity index (χ0v) is 13.2. The molecule has 3 rings (SSSR count). The maximum atomic E-state index is 12.1. The van der Waals surface area contributed by atoms with Crippen LogP contribution in [0.3, 0.4) is 0 Å². The van der Waals surface area contributed by atoms with Crippen molar-refractivity contribution in [3.63, 3.8) is 0 Å². The molecule has 5 nitrogen and oxygen atoms in total. The average Bonchev–Trinajstić information content (AvgIpc) is 2.94. The van der Waals surface area contributed by atoms with E-state index in [4.69, 9.17) is 0 Å². The Bertz CT molecular complexity index is 768. The molecule has 0 saturated heterocycles. The van der Waals surface area contributed by atoms with Gasteiger partial charge in [0.25, 0.3) is 5.91 Å². The van der Waals surface area contributed by atoms with Crippen molar-refractivity contribution in [3.8, 4) is 0 Å². The SMILES string of the molecule is O=C(Nc1ccccn1)c1ccc(Cn2cc(Br)cn2)cc1. The summed E-state index contributed by atoms with van der Waals surface area (Å²) in [5.41, 5.74) is 1.67. The number of carbonyl (C=O) groups excluding carboxylic acids is 1. The second-order valence-corrected chi connectivity index (χ2v) is 5.64. The monoisotopic (exact) mass is 356 g/mol. The molecule has 0 bridgehead atoms. The molecule has 3 aromatic rings. The first-order valence-corrected chi connectivity index (χ1v) is 7.49. The molecule has 1 amide bonds. The molecule has 0 aliphatic heterocycles. The number of nitrogens with one attached hydrogen (secondary N) is 1. The number of benzene rings is 1. The summed E-state index contributed by atoms with van der Waals surface area (Å²) >= 11 is 3.37. The van der Waals surface area contributed by atoms with Crippen molar-refractivity contribution in [2.45, 2.75) is 6.54 Å². The first-order chi connectivity index (χ1) is 10.7. The van der Waals surface area contributed by atoms with Crippen LogP contribution in [0, 0.1) is 0 Å². The van der Waals surface area contributed by atoms with E-state index in [1.54, 1.807) is 36.7 Å². The fraction of sp³-hybridized carbons (Fsp3) is 0.0625. The number of amides is 1. The number of carbonyl (C=O) groups is 1. The number of halogens is 1. The van der Waals surface area contributed by atoms with Gasteiger partial charge in [0.1, 0.15) is 5.82 Å². The number of pyridine rings is 1. The lowest BCUT2D eigenvalue weighted by molar-refractivity contribution is 0.102. The van der Waals surface area contributed by atoms with Crippen molar-refractivity contribution >= 4 is 27.7 Å². The molecular weight excluding hydrogens is 344 g/mol. The van der Waals surface area contributed by atoms with Crippen molar-refractivity contribution in [3.05, 3.63) is 76.7 Å². The highest BCUT2D eigenvalue weighted by Gasteiger charge is 2.06. The minimum atomic E-state index is -0.174. The normalized spacial score (nSPS) is 10.4. The van der Waals surface area contributed by atoms with Gasteiger partial charge in [-0.2, -0.15) is 5.10 Å². The van der Waals surface area contributed by atoms with Gasteiger partial charge in [-0.25, -0.2) is 4.98 Å². The lowest BCUT2D eigenvalue weighted by Gasteiger charge is -2.06. The Morgan fingerprint density at radius 1 is 1.18 bits per heavy atom. The van der Waals surface area contributed by atoms with Gasteiger partial charge >= 0.3 is 0 Å². The van der Waals surface area contributed by atoms with Gasteiger partial charge < -0.3 is 5.32 Å². The predicted octanol–water partition coefficient (Wildman–Crippen LogP) is 3.34. The summed E-state index contributed by atoms with van der Waals surface area (Å²) in [5, 5.41) is 6.96. The number of anilines is 1. The minimum absolute atomic E-state index is 0.174. The average molecular weight is 357 g/mol. The topological polar surface area (TPSA) is 59.8 Å². The van der Waals surface area contributed by atoms with E-state index >= 15 is 0 Å². The standard InChI is InChI=1S/C16H13BrN4O/c17-14-9-19-21(11-14)10-12-4-6-13(7-5-12)16(22)20-15-3-1-2-8-18-15/h1-9,11H,10H2,(H,18,20,22). The van der Waals surface area contributed by atoms with E-state index in [-0.39, 0.29) is 5.91 Å². The highest BCUT2D eigenvalue weighted by atomic mass is 79.9. The summed E-state index contributed by atoms with van der Waals surface area (Å²) < 4.78 is 2.77. The molecule has 2 heterocycles. The second kappa shape index (κ2) is 6.53. The van der Waals surface area contributed by atoms with E-state index in [1.165, 1.54) is 0 Å². The molecule has 6 heteroatoms. The van der Waals surface area contributed by atoms with Gasteiger partial charge in [-0.15, -0.1) is 0 Å². The van der Waals surface area contributed by atoms with Gasteiger partial charge in [0.15, 0.2) is 0 Å². The van der Waals surface area contributed by atoms with E-state index in [2.05, 4.69) is 31.3 Å². The Kier molecular flexibility index (Phi) is 4.29. The Balaban J connectivity index is 1.67. The highest BCUT2D eigenvalue weighted by Crippen LogP contribution is 2.11. The molecular formula is C16H13BrN4O. The van der Waals surface area contributed by atoms with Crippen molar-refractivity contribution in [2.75, 3.05) is 5.32 Å². The fourth-order valence-electron chi connectivity index (χ4n) is 2.00. The predicted molar refractivity (Wildman–Crippen MR) is 87.7 cm³/mol. The molecule has 0 atom stereocenters. The molecule has 0 unspecified atom stereocenters. The minimum Gasteiger partial charge on any atom is -0.307 e. The summed E-state index contributed by atoms with van der Waals surface area (Å²) in [6.07, 6.45) is 5.29. The maximum Gasteiger partial charge on any atom is 0.256 e. The first kappa shape index (κ1) is 14.5. The maximum absolute atomic E-state index is 12.1. The van der Waals surface area contributed by atoms with Crippen molar-refractivity contribution in [1.82, 2.24) is 14.8 Å². The van der Waals surface area contributed by atoms with E-state index in [1.807, 2.05) is 29.1 Å². The zero-order chi connectivity index (χ0) is 15.4. The van der Waals surface area contributed by atoms with Crippen LogP contribution in [0.25, 0.3) is 0 Å². The first-order valence-electron chi connectivity index (χ1n) is 6.70. The Morgan fingerprint density at radius 2 is 2.00 bits per heavy atom. The fourth-order valence-corrected chi connectivity index (χ4v) is 2.33.